The van der Waals surface area contributed by atoms with Crippen molar-refractivity contribution in [3.63, 3.8) is 0 Å². The van der Waals surface area contributed by atoms with E-state index in [9.17, 15) is 27.2 Å². The van der Waals surface area contributed by atoms with Gasteiger partial charge in [0.15, 0.2) is 0 Å². The first-order chi connectivity index (χ1) is 10.8. The molecule has 0 bridgehead atoms. The summed E-state index contributed by atoms with van der Waals surface area (Å²) in [6, 6.07) is 8.55. The Morgan fingerprint density at radius 2 is 1.39 bits per heavy atom. The van der Waals surface area contributed by atoms with E-state index in [4.69, 9.17) is 0 Å². The normalized spacial score (nSPS) is 11.0. The molecular formula is C15H10F4N2O2. The number of carbonyl (C=O) groups excluding carboxylic acids is 2. The molecule has 0 fully saturated rings. The largest absolute Gasteiger partial charge is 0.416 e. The lowest BCUT2D eigenvalue weighted by Crippen LogP contribution is -2.41. The Morgan fingerprint density at radius 3 is 1.96 bits per heavy atom. The van der Waals surface area contributed by atoms with Crippen LogP contribution in [0.5, 0.6) is 0 Å². The van der Waals surface area contributed by atoms with Crippen molar-refractivity contribution >= 4 is 11.8 Å². The number of nitrogens with one attached hydrogen (secondary N) is 2. The van der Waals surface area contributed by atoms with Gasteiger partial charge in [0.05, 0.1) is 11.1 Å². The highest BCUT2D eigenvalue weighted by Gasteiger charge is 2.30. The van der Waals surface area contributed by atoms with Crippen molar-refractivity contribution in [3.05, 3.63) is 71.0 Å². The third-order valence-corrected chi connectivity index (χ3v) is 2.88. The highest BCUT2D eigenvalue weighted by Crippen LogP contribution is 2.28. The van der Waals surface area contributed by atoms with Crippen LogP contribution in [0.4, 0.5) is 17.6 Å². The number of hydrazine groups is 1. The second-order valence-electron chi connectivity index (χ2n) is 4.46. The fourth-order valence-corrected chi connectivity index (χ4v) is 1.71. The van der Waals surface area contributed by atoms with Gasteiger partial charge in [-0.2, -0.15) is 13.2 Å². The van der Waals surface area contributed by atoms with Crippen molar-refractivity contribution in [2.75, 3.05) is 0 Å². The number of alkyl halides is 3. The van der Waals surface area contributed by atoms with Crippen molar-refractivity contribution in [1.82, 2.24) is 10.9 Å². The Labute approximate surface area is 128 Å². The van der Waals surface area contributed by atoms with Gasteiger partial charge in [-0.15, -0.1) is 0 Å². The third-order valence-electron chi connectivity index (χ3n) is 2.88. The van der Waals surface area contributed by atoms with E-state index >= 15 is 0 Å². The van der Waals surface area contributed by atoms with Crippen LogP contribution >= 0.6 is 0 Å². The Hall–Kier alpha value is -2.90. The molecule has 0 aliphatic carbocycles. The van der Waals surface area contributed by atoms with Gasteiger partial charge in [-0.05, 0) is 36.4 Å². The first-order valence-corrected chi connectivity index (χ1v) is 6.31. The monoisotopic (exact) mass is 326 g/mol. The van der Waals surface area contributed by atoms with Gasteiger partial charge in [0.1, 0.15) is 5.82 Å². The molecule has 8 heteroatoms. The highest BCUT2D eigenvalue weighted by atomic mass is 19.4. The van der Waals surface area contributed by atoms with Crippen molar-refractivity contribution in [1.29, 1.82) is 0 Å². The number of amides is 2. The summed E-state index contributed by atoms with van der Waals surface area (Å²) in [6.45, 7) is 0. The number of hydrogen-bond acceptors (Lipinski definition) is 2. The summed E-state index contributed by atoms with van der Waals surface area (Å²) in [7, 11) is 0. The quantitative estimate of drug-likeness (QED) is 0.658. The summed E-state index contributed by atoms with van der Waals surface area (Å²) < 4.78 is 50.6. The number of benzene rings is 2. The molecule has 0 heterocycles. The van der Waals surface area contributed by atoms with E-state index in [2.05, 4.69) is 0 Å². The fraction of sp³-hybridized carbons (Fsp3) is 0.0667. The van der Waals surface area contributed by atoms with Crippen LogP contribution < -0.4 is 10.9 Å². The molecule has 120 valence electrons. The van der Waals surface area contributed by atoms with Crippen LogP contribution in [0.3, 0.4) is 0 Å². The van der Waals surface area contributed by atoms with Gasteiger partial charge in [-0.25, -0.2) is 4.39 Å². The van der Waals surface area contributed by atoms with Crippen LogP contribution in [-0.2, 0) is 6.18 Å². The Balaban J connectivity index is 2.00. The van der Waals surface area contributed by atoms with Gasteiger partial charge in [0.2, 0.25) is 0 Å². The summed E-state index contributed by atoms with van der Waals surface area (Å²) in [5, 5.41) is 0. The van der Waals surface area contributed by atoms with Crippen molar-refractivity contribution in [2.24, 2.45) is 0 Å². The van der Waals surface area contributed by atoms with E-state index in [1.807, 2.05) is 10.9 Å². The second kappa shape index (κ2) is 6.47. The molecule has 0 aromatic heterocycles. The predicted octanol–water partition coefficient (Wildman–Crippen LogP) is 2.92. The van der Waals surface area contributed by atoms with Gasteiger partial charge in [-0.3, -0.25) is 20.4 Å². The first kappa shape index (κ1) is 16.5. The van der Waals surface area contributed by atoms with Crippen LogP contribution in [0.2, 0.25) is 0 Å². The first-order valence-electron chi connectivity index (χ1n) is 6.31. The van der Waals surface area contributed by atoms with Crippen LogP contribution in [0.1, 0.15) is 26.3 Å². The summed E-state index contributed by atoms with van der Waals surface area (Å²) in [6.07, 6.45) is -4.51. The zero-order valence-corrected chi connectivity index (χ0v) is 11.4. The van der Waals surface area contributed by atoms with Crippen molar-refractivity contribution in [3.8, 4) is 0 Å². The number of rotatable bonds is 2. The zero-order valence-electron chi connectivity index (χ0n) is 11.4. The van der Waals surface area contributed by atoms with Gasteiger partial charge < -0.3 is 0 Å². The minimum Gasteiger partial charge on any atom is -0.267 e. The molecule has 0 saturated heterocycles. The van der Waals surface area contributed by atoms with E-state index in [1.165, 1.54) is 18.2 Å². The molecule has 2 rings (SSSR count). The van der Waals surface area contributed by atoms with Crippen molar-refractivity contribution < 1.29 is 27.2 Å². The minimum absolute atomic E-state index is 0.0909. The van der Waals surface area contributed by atoms with Crippen LogP contribution in [0.25, 0.3) is 0 Å². The maximum absolute atomic E-state index is 13.4. The Morgan fingerprint density at radius 1 is 0.826 bits per heavy atom. The van der Waals surface area contributed by atoms with E-state index in [-0.39, 0.29) is 11.1 Å². The molecular weight excluding hydrogens is 316 g/mol. The summed E-state index contributed by atoms with van der Waals surface area (Å²) in [5.74, 6) is -2.49. The van der Waals surface area contributed by atoms with Gasteiger partial charge in [-0.1, -0.05) is 12.1 Å². The molecule has 4 nitrogen and oxygen atoms in total. The van der Waals surface area contributed by atoms with Crippen LogP contribution in [0, 0.1) is 5.82 Å². The third kappa shape index (κ3) is 4.06. The standard InChI is InChI=1S/C15H10F4N2O2/c16-12-4-2-1-3-11(12)14(23)21-20-13(22)9-5-7-10(8-6-9)15(17,18)19/h1-8H,(H,20,22)(H,21,23). The Kier molecular flexibility index (Phi) is 4.63. The molecule has 0 saturated carbocycles. The maximum atomic E-state index is 13.4. The van der Waals surface area contributed by atoms with Gasteiger partial charge >= 0.3 is 6.18 Å². The van der Waals surface area contributed by atoms with E-state index in [0.29, 0.717) is 0 Å². The number of carbonyl (C=O) groups is 2. The summed E-state index contributed by atoms with van der Waals surface area (Å²) >= 11 is 0. The SMILES string of the molecule is O=C(NNC(=O)c1ccccc1F)c1ccc(C(F)(F)F)cc1. The molecule has 0 atom stereocenters. The minimum atomic E-state index is -4.51. The molecule has 0 aliphatic rings. The van der Waals surface area contributed by atoms with E-state index in [0.717, 1.165) is 30.3 Å². The lowest BCUT2D eigenvalue weighted by molar-refractivity contribution is -0.137. The molecule has 0 aliphatic heterocycles. The van der Waals surface area contributed by atoms with E-state index in [1.54, 1.807) is 0 Å². The van der Waals surface area contributed by atoms with Crippen molar-refractivity contribution in [2.45, 2.75) is 6.18 Å². The second-order valence-corrected chi connectivity index (χ2v) is 4.46. The predicted molar refractivity (Wildman–Crippen MR) is 72.8 cm³/mol. The number of halogens is 4. The molecule has 23 heavy (non-hydrogen) atoms. The van der Waals surface area contributed by atoms with E-state index < -0.39 is 29.4 Å². The smallest absolute Gasteiger partial charge is 0.267 e. The maximum Gasteiger partial charge on any atom is 0.416 e. The molecule has 0 unspecified atom stereocenters. The molecule has 0 spiro atoms. The summed E-state index contributed by atoms with van der Waals surface area (Å²) in [5.41, 5.74) is 2.71. The summed E-state index contributed by atoms with van der Waals surface area (Å²) in [4.78, 5) is 23.4. The fourth-order valence-electron chi connectivity index (χ4n) is 1.71. The molecule has 2 amide bonds. The molecule has 2 aromatic rings. The Bertz CT molecular complexity index is 727. The zero-order chi connectivity index (χ0) is 17.0. The lowest BCUT2D eigenvalue weighted by atomic mass is 10.1. The van der Waals surface area contributed by atoms with Gasteiger partial charge in [0, 0.05) is 5.56 Å². The topological polar surface area (TPSA) is 58.2 Å². The number of hydrogen-bond donors (Lipinski definition) is 2. The average molecular weight is 326 g/mol. The molecule has 2 N–H and O–H groups in total. The molecule has 0 radical (unpaired) electrons. The highest BCUT2D eigenvalue weighted by molar-refractivity contribution is 5.99. The van der Waals surface area contributed by atoms with Gasteiger partial charge in [0.25, 0.3) is 11.8 Å². The molecule has 2 aromatic carbocycles. The average Bonchev–Trinajstić information content (AvgIpc) is 2.52. The van der Waals surface area contributed by atoms with Crippen LogP contribution in [-0.4, -0.2) is 11.8 Å². The van der Waals surface area contributed by atoms with Crippen LogP contribution in [0.15, 0.2) is 48.5 Å². The lowest BCUT2D eigenvalue weighted by Gasteiger charge is -2.09.